The zero-order chi connectivity index (χ0) is 17.9. The summed E-state index contributed by atoms with van der Waals surface area (Å²) in [5, 5.41) is 5.15. The summed E-state index contributed by atoms with van der Waals surface area (Å²) in [4.78, 5) is 19.8. The van der Waals surface area contributed by atoms with Gasteiger partial charge in [0.05, 0.1) is 16.7 Å². The first-order valence-corrected chi connectivity index (χ1v) is 8.07. The number of aromatic amines is 1. The zero-order valence-electron chi connectivity index (χ0n) is 13.7. The van der Waals surface area contributed by atoms with Crippen LogP contribution in [0.1, 0.15) is 0 Å². The monoisotopic (exact) mass is 346 g/mol. The highest BCUT2D eigenvalue weighted by molar-refractivity contribution is 5.99. The van der Waals surface area contributed by atoms with E-state index >= 15 is 0 Å². The second-order valence-electron chi connectivity index (χ2n) is 5.74. The summed E-state index contributed by atoms with van der Waals surface area (Å²) < 4.78 is 13.6. The molecule has 0 aliphatic rings. The molecular formula is C20H15FN4O. The summed E-state index contributed by atoms with van der Waals surface area (Å²) in [6, 6.07) is 20.5. The van der Waals surface area contributed by atoms with Crippen molar-refractivity contribution in [1.29, 1.82) is 0 Å². The second-order valence-corrected chi connectivity index (χ2v) is 5.74. The number of nitrogens with zero attached hydrogens (tertiary/aromatic N) is 1. The van der Waals surface area contributed by atoms with Crippen LogP contribution in [-0.4, -0.2) is 16.0 Å². The number of para-hydroxylation sites is 3. The van der Waals surface area contributed by atoms with E-state index in [0.29, 0.717) is 5.69 Å². The highest BCUT2D eigenvalue weighted by atomic mass is 19.1. The number of anilines is 2. The van der Waals surface area contributed by atoms with Gasteiger partial charge in [-0.3, -0.25) is 0 Å². The van der Waals surface area contributed by atoms with Crippen LogP contribution in [0.4, 0.5) is 20.6 Å². The minimum absolute atomic E-state index is 0.129. The Morgan fingerprint density at radius 2 is 1.62 bits per heavy atom. The van der Waals surface area contributed by atoms with Crippen molar-refractivity contribution in [2.75, 3.05) is 10.6 Å². The third-order valence-corrected chi connectivity index (χ3v) is 3.93. The number of urea groups is 1. The molecule has 3 N–H and O–H groups in total. The van der Waals surface area contributed by atoms with E-state index in [2.05, 4.69) is 20.6 Å². The highest BCUT2D eigenvalue weighted by Gasteiger charge is 2.08. The van der Waals surface area contributed by atoms with Crippen LogP contribution >= 0.6 is 0 Å². The van der Waals surface area contributed by atoms with E-state index in [0.717, 1.165) is 22.4 Å². The number of hydrogen-bond donors (Lipinski definition) is 3. The first-order valence-electron chi connectivity index (χ1n) is 8.07. The molecule has 0 saturated carbocycles. The van der Waals surface area contributed by atoms with Crippen molar-refractivity contribution in [3.63, 3.8) is 0 Å². The third-order valence-electron chi connectivity index (χ3n) is 3.93. The number of carbonyl (C=O) groups is 1. The number of hydrogen-bond acceptors (Lipinski definition) is 2. The summed E-state index contributed by atoms with van der Waals surface area (Å²) in [7, 11) is 0. The molecule has 0 aliphatic carbocycles. The van der Waals surface area contributed by atoms with Crippen molar-refractivity contribution in [1.82, 2.24) is 9.97 Å². The standard InChI is InChI=1S/C20H15FN4O/c21-15-5-1-2-6-16(15)25-20(26)22-14-11-9-13(10-12-14)19-23-17-7-3-4-8-18(17)24-19/h1-12H,(H,23,24)(H2,22,25,26). The molecular weight excluding hydrogens is 331 g/mol. The van der Waals surface area contributed by atoms with Gasteiger partial charge in [-0.15, -0.1) is 0 Å². The van der Waals surface area contributed by atoms with E-state index in [1.165, 1.54) is 12.1 Å². The van der Waals surface area contributed by atoms with Crippen molar-refractivity contribution in [3.8, 4) is 11.4 Å². The molecule has 0 fully saturated rings. The van der Waals surface area contributed by atoms with Crippen LogP contribution in [-0.2, 0) is 0 Å². The molecule has 0 aliphatic heterocycles. The maximum absolute atomic E-state index is 13.6. The van der Waals surface area contributed by atoms with Crippen LogP contribution in [0.3, 0.4) is 0 Å². The predicted octanol–water partition coefficient (Wildman–Crippen LogP) is 5.01. The van der Waals surface area contributed by atoms with E-state index in [9.17, 15) is 9.18 Å². The summed E-state index contributed by atoms with van der Waals surface area (Å²) in [5.41, 5.74) is 3.49. The molecule has 1 aromatic heterocycles. The van der Waals surface area contributed by atoms with E-state index in [4.69, 9.17) is 0 Å². The van der Waals surface area contributed by atoms with Crippen molar-refractivity contribution in [2.45, 2.75) is 0 Å². The normalized spacial score (nSPS) is 10.7. The van der Waals surface area contributed by atoms with Crippen LogP contribution in [0.2, 0.25) is 0 Å². The van der Waals surface area contributed by atoms with Gasteiger partial charge in [-0.2, -0.15) is 0 Å². The zero-order valence-corrected chi connectivity index (χ0v) is 13.7. The van der Waals surface area contributed by atoms with Crippen molar-refractivity contribution >= 4 is 28.4 Å². The number of fused-ring (bicyclic) bond motifs is 1. The first-order chi connectivity index (χ1) is 12.7. The Labute approximate surface area is 148 Å². The maximum Gasteiger partial charge on any atom is 0.323 e. The number of imidazole rings is 1. The number of aromatic nitrogens is 2. The average Bonchev–Trinajstić information content (AvgIpc) is 3.08. The Balaban J connectivity index is 1.47. The lowest BCUT2D eigenvalue weighted by Crippen LogP contribution is -2.20. The topological polar surface area (TPSA) is 69.8 Å². The Hall–Kier alpha value is -3.67. The van der Waals surface area contributed by atoms with Crippen molar-refractivity contribution in [3.05, 3.63) is 78.6 Å². The van der Waals surface area contributed by atoms with E-state index in [-0.39, 0.29) is 5.69 Å². The van der Waals surface area contributed by atoms with E-state index < -0.39 is 11.8 Å². The van der Waals surface area contributed by atoms with E-state index in [1.54, 1.807) is 24.3 Å². The number of nitrogens with one attached hydrogen (secondary N) is 3. The lowest BCUT2D eigenvalue weighted by atomic mass is 10.2. The van der Waals surface area contributed by atoms with Gasteiger partial charge in [0.25, 0.3) is 0 Å². The SMILES string of the molecule is O=C(Nc1ccc(-c2nc3ccccc3[nH]2)cc1)Nc1ccccc1F. The minimum Gasteiger partial charge on any atom is -0.338 e. The van der Waals surface area contributed by atoms with Gasteiger partial charge in [0, 0.05) is 11.3 Å². The second kappa shape index (κ2) is 6.68. The molecule has 128 valence electrons. The Bertz CT molecular complexity index is 1040. The van der Waals surface area contributed by atoms with Gasteiger partial charge in [0.2, 0.25) is 0 Å². The molecule has 4 rings (SSSR count). The largest absolute Gasteiger partial charge is 0.338 e. The number of carbonyl (C=O) groups excluding carboxylic acids is 1. The van der Waals surface area contributed by atoms with Gasteiger partial charge in [-0.05, 0) is 48.5 Å². The highest BCUT2D eigenvalue weighted by Crippen LogP contribution is 2.22. The predicted molar refractivity (Wildman–Crippen MR) is 101 cm³/mol. The lowest BCUT2D eigenvalue weighted by molar-refractivity contribution is 0.262. The Kier molecular flexibility index (Phi) is 4.07. The fraction of sp³-hybridized carbons (Fsp3) is 0. The van der Waals surface area contributed by atoms with E-state index in [1.807, 2.05) is 36.4 Å². The smallest absolute Gasteiger partial charge is 0.323 e. The summed E-state index contributed by atoms with van der Waals surface area (Å²) in [6.45, 7) is 0. The molecule has 0 bridgehead atoms. The maximum atomic E-state index is 13.6. The quantitative estimate of drug-likeness (QED) is 0.488. The molecule has 0 atom stereocenters. The van der Waals surface area contributed by atoms with Gasteiger partial charge >= 0.3 is 6.03 Å². The number of amides is 2. The molecule has 6 heteroatoms. The molecule has 0 saturated heterocycles. The molecule has 26 heavy (non-hydrogen) atoms. The van der Waals surface area contributed by atoms with Gasteiger partial charge in [0.15, 0.2) is 0 Å². The van der Waals surface area contributed by atoms with Gasteiger partial charge in [0.1, 0.15) is 11.6 Å². The number of halogens is 1. The molecule has 0 spiro atoms. The first kappa shape index (κ1) is 15.8. The van der Waals surface area contributed by atoms with Crippen LogP contribution in [0.5, 0.6) is 0 Å². The summed E-state index contributed by atoms with van der Waals surface area (Å²) >= 11 is 0. The third kappa shape index (κ3) is 3.25. The van der Waals surface area contributed by atoms with Gasteiger partial charge in [-0.25, -0.2) is 14.2 Å². The fourth-order valence-electron chi connectivity index (χ4n) is 2.65. The van der Waals surface area contributed by atoms with Crippen molar-refractivity contribution in [2.24, 2.45) is 0 Å². The average molecular weight is 346 g/mol. The molecule has 2 amide bonds. The molecule has 1 heterocycles. The molecule has 4 aromatic rings. The van der Waals surface area contributed by atoms with Crippen LogP contribution in [0.15, 0.2) is 72.8 Å². The van der Waals surface area contributed by atoms with Gasteiger partial charge < -0.3 is 15.6 Å². The lowest BCUT2D eigenvalue weighted by Gasteiger charge is -2.08. The Morgan fingerprint density at radius 3 is 2.38 bits per heavy atom. The summed E-state index contributed by atoms with van der Waals surface area (Å²) in [6.07, 6.45) is 0. The van der Waals surface area contributed by atoms with Crippen LogP contribution in [0.25, 0.3) is 22.4 Å². The number of rotatable bonds is 3. The van der Waals surface area contributed by atoms with Gasteiger partial charge in [-0.1, -0.05) is 24.3 Å². The summed E-state index contributed by atoms with van der Waals surface area (Å²) in [5.74, 6) is 0.274. The fourth-order valence-corrected chi connectivity index (χ4v) is 2.65. The van der Waals surface area contributed by atoms with Crippen LogP contribution in [0, 0.1) is 5.82 Å². The van der Waals surface area contributed by atoms with Crippen LogP contribution < -0.4 is 10.6 Å². The molecule has 5 nitrogen and oxygen atoms in total. The molecule has 0 radical (unpaired) electrons. The van der Waals surface area contributed by atoms with Crippen molar-refractivity contribution < 1.29 is 9.18 Å². The minimum atomic E-state index is -0.508. The number of H-pyrrole nitrogens is 1. The Morgan fingerprint density at radius 1 is 0.885 bits per heavy atom. The number of benzene rings is 3. The molecule has 0 unspecified atom stereocenters. The molecule has 3 aromatic carbocycles.